The predicted molar refractivity (Wildman–Crippen MR) is 169 cm³/mol. The number of hydrogen-bond acceptors (Lipinski definition) is 7. The maximum absolute atomic E-state index is 13.4. The van der Waals surface area contributed by atoms with Gasteiger partial charge in [-0.25, -0.2) is 0 Å². The van der Waals surface area contributed by atoms with E-state index < -0.39 is 64.8 Å². The molecule has 0 fully saturated rings. The van der Waals surface area contributed by atoms with Gasteiger partial charge in [-0.2, -0.15) is 0 Å². The van der Waals surface area contributed by atoms with Crippen molar-refractivity contribution in [3.63, 3.8) is 0 Å². The number of hydrogen-bond donors (Lipinski definition) is 5. The Morgan fingerprint density at radius 2 is 1.47 bits per heavy atom. The minimum absolute atomic E-state index is 0.0179. The van der Waals surface area contributed by atoms with Crippen molar-refractivity contribution < 1.29 is 28.8 Å². The van der Waals surface area contributed by atoms with Crippen molar-refractivity contribution in [3.05, 3.63) is 77.5 Å². The zero-order valence-corrected chi connectivity index (χ0v) is 26.3. The molecule has 3 unspecified atom stereocenters. The summed E-state index contributed by atoms with van der Waals surface area (Å²) < 4.78 is 0. The third-order valence-corrected chi connectivity index (χ3v) is 7.21. The number of pyridine rings is 1. The Hall–Kier alpha value is -5.13. The van der Waals surface area contributed by atoms with Gasteiger partial charge in [-0.1, -0.05) is 65.0 Å². The highest BCUT2D eigenvalue weighted by Crippen LogP contribution is 2.22. The predicted octanol–water partition coefficient (Wildman–Crippen LogP) is 2.01. The molecule has 3 rings (SSSR count). The maximum Gasteiger partial charge on any atom is 0.289 e. The number of para-hydroxylation sites is 1. The Morgan fingerprint density at radius 1 is 0.822 bits per heavy atom. The lowest BCUT2D eigenvalue weighted by Gasteiger charge is -2.31. The standard InChI is InChI=1S/C33H40N6O6/c1-18(2)25(26(40)31(44)36-17-20-11-13-21(14-12-20)28(34)41)38-29(42)19(3)37-32(45)27(33(4,5)6)39-30(43)23-15-16-35-24-10-8-7-9-22(23)24/h7-16,18-19,25,27H,17H2,1-6H3,(H2,34,41)(H,36,44)(H,37,45)(H,38,42)(H,39,43). The summed E-state index contributed by atoms with van der Waals surface area (Å²) >= 11 is 0. The van der Waals surface area contributed by atoms with E-state index in [9.17, 15) is 28.8 Å². The summed E-state index contributed by atoms with van der Waals surface area (Å²) in [6.07, 6.45) is 1.52. The molecular weight excluding hydrogens is 576 g/mol. The summed E-state index contributed by atoms with van der Waals surface area (Å²) in [4.78, 5) is 81.0. The normalized spacial score (nSPS) is 13.3. The summed E-state index contributed by atoms with van der Waals surface area (Å²) in [5.41, 5.74) is 6.44. The van der Waals surface area contributed by atoms with Crippen molar-refractivity contribution in [3.8, 4) is 0 Å². The topological polar surface area (TPSA) is 189 Å². The molecule has 1 heterocycles. The van der Waals surface area contributed by atoms with Gasteiger partial charge in [0, 0.05) is 23.7 Å². The molecule has 1 aromatic heterocycles. The average Bonchev–Trinajstić information content (AvgIpc) is 2.99. The van der Waals surface area contributed by atoms with Gasteiger partial charge in [0.05, 0.1) is 17.1 Å². The summed E-state index contributed by atoms with van der Waals surface area (Å²) in [6, 6.07) is 11.7. The van der Waals surface area contributed by atoms with Crippen LogP contribution in [0, 0.1) is 11.3 Å². The lowest BCUT2D eigenvalue weighted by atomic mass is 9.85. The fraction of sp³-hybridized carbons (Fsp3) is 0.364. The van der Waals surface area contributed by atoms with Gasteiger partial charge in [-0.05, 0) is 48.1 Å². The smallest absolute Gasteiger partial charge is 0.289 e. The summed E-state index contributed by atoms with van der Waals surface area (Å²) in [7, 11) is 0. The van der Waals surface area contributed by atoms with Gasteiger partial charge in [0.25, 0.3) is 11.8 Å². The van der Waals surface area contributed by atoms with Gasteiger partial charge in [-0.15, -0.1) is 0 Å². The Morgan fingerprint density at radius 3 is 2.07 bits per heavy atom. The summed E-state index contributed by atoms with van der Waals surface area (Å²) in [5, 5.41) is 11.2. The molecule has 0 aliphatic carbocycles. The van der Waals surface area contributed by atoms with E-state index in [1.807, 2.05) is 6.07 Å². The number of nitrogens with one attached hydrogen (secondary N) is 4. The number of nitrogens with zero attached hydrogens (tertiary/aromatic N) is 1. The Bertz CT molecular complexity index is 1590. The van der Waals surface area contributed by atoms with Gasteiger partial charge < -0.3 is 27.0 Å². The molecule has 0 bridgehead atoms. The van der Waals surface area contributed by atoms with Crippen LogP contribution < -0.4 is 27.0 Å². The Balaban J connectivity index is 1.64. The van der Waals surface area contributed by atoms with E-state index in [0.717, 1.165) is 0 Å². The fourth-order valence-electron chi connectivity index (χ4n) is 4.55. The zero-order valence-electron chi connectivity index (χ0n) is 26.3. The minimum atomic E-state index is -1.16. The first-order chi connectivity index (χ1) is 21.1. The number of carbonyl (C=O) groups excluding carboxylic acids is 6. The van der Waals surface area contributed by atoms with Crippen molar-refractivity contribution in [1.29, 1.82) is 0 Å². The van der Waals surface area contributed by atoms with Gasteiger partial charge in [0.15, 0.2) is 0 Å². The highest BCUT2D eigenvalue weighted by molar-refractivity contribution is 6.38. The maximum atomic E-state index is 13.4. The molecule has 6 N–H and O–H groups in total. The molecule has 238 valence electrons. The van der Waals surface area contributed by atoms with Crippen LogP contribution in [0.4, 0.5) is 0 Å². The number of fused-ring (bicyclic) bond motifs is 1. The average molecular weight is 617 g/mol. The molecule has 0 aliphatic heterocycles. The first-order valence-electron chi connectivity index (χ1n) is 14.6. The van der Waals surface area contributed by atoms with E-state index in [2.05, 4.69) is 26.3 Å². The quantitative estimate of drug-likeness (QED) is 0.192. The molecule has 0 saturated carbocycles. The molecule has 0 spiro atoms. The largest absolute Gasteiger partial charge is 0.366 e. The van der Waals surface area contributed by atoms with Crippen molar-refractivity contribution in [2.45, 2.75) is 66.2 Å². The monoisotopic (exact) mass is 616 g/mol. The van der Waals surface area contributed by atoms with E-state index in [1.54, 1.807) is 71.0 Å². The van der Waals surface area contributed by atoms with Crippen LogP contribution in [0.25, 0.3) is 10.9 Å². The molecule has 0 radical (unpaired) electrons. The van der Waals surface area contributed by atoms with Crippen LogP contribution in [0.1, 0.15) is 67.8 Å². The molecule has 2 aromatic carbocycles. The summed E-state index contributed by atoms with van der Waals surface area (Å²) in [5.74, 6) is -4.52. The van der Waals surface area contributed by atoms with Crippen molar-refractivity contribution in [1.82, 2.24) is 26.3 Å². The molecular formula is C33H40N6O6. The fourth-order valence-corrected chi connectivity index (χ4v) is 4.55. The summed E-state index contributed by atoms with van der Waals surface area (Å²) in [6.45, 7) is 10.2. The van der Waals surface area contributed by atoms with E-state index in [1.165, 1.54) is 25.3 Å². The zero-order chi connectivity index (χ0) is 33.5. The molecule has 3 aromatic rings. The molecule has 3 atom stereocenters. The number of primary amides is 1. The second-order valence-electron chi connectivity index (χ2n) is 12.2. The highest BCUT2D eigenvalue weighted by Gasteiger charge is 2.36. The number of amides is 5. The molecule has 0 saturated heterocycles. The first kappa shape index (κ1) is 34.4. The number of rotatable bonds is 12. The second kappa shape index (κ2) is 14.6. The number of nitrogens with two attached hydrogens (primary N) is 1. The number of benzene rings is 2. The molecule has 5 amide bonds. The number of carbonyl (C=O) groups is 6. The van der Waals surface area contributed by atoms with Crippen molar-refractivity contribution in [2.75, 3.05) is 0 Å². The van der Waals surface area contributed by atoms with Crippen LogP contribution in [-0.2, 0) is 25.7 Å². The molecule has 0 aliphatic rings. The lowest BCUT2D eigenvalue weighted by molar-refractivity contribution is -0.141. The first-order valence-corrected chi connectivity index (χ1v) is 14.6. The minimum Gasteiger partial charge on any atom is -0.366 e. The molecule has 12 heteroatoms. The number of Topliss-reactive ketones (excluding diaryl/α,β-unsaturated/α-hetero) is 1. The van der Waals surface area contributed by atoms with Crippen LogP contribution in [-0.4, -0.2) is 58.4 Å². The molecule has 45 heavy (non-hydrogen) atoms. The van der Waals surface area contributed by atoms with Gasteiger partial charge in [0.1, 0.15) is 12.1 Å². The van der Waals surface area contributed by atoms with Crippen LogP contribution in [0.15, 0.2) is 60.8 Å². The third-order valence-electron chi connectivity index (χ3n) is 7.21. The van der Waals surface area contributed by atoms with Gasteiger partial charge >= 0.3 is 0 Å². The van der Waals surface area contributed by atoms with Gasteiger partial charge in [0.2, 0.25) is 23.5 Å². The van der Waals surface area contributed by atoms with Crippen LogP contribution in [0.5, 0.6) is 0 Å². The third kappa shape index (κ3) is 8.94. The molecule has 12 nitrogen and oxygen atoms in total. The van der Waals surface area contributed by atoms with Crippen LogP contribution in [0.3, 0.4) is 0 Å². The van der Waals surface area contributed by atoms with Crippen LogP contribution >= 0.6 is 0 Å². The lowest BCUT2D eigenvalue weighted by Crippen LogP contribution is -2.59. The second-order valence-corrected chi connectivity index (χ2v) is 12.2. The van der Waals surface area contributed by atoms with E-state index in [0.29, 0.717) is 27.6 Å². The number of aromatic nitrogens is 1. The Kier molecular flexibility index (Phi) is 11.1. The van der Waals surface area contributed by atoms with Crippen molar-refractivity contribution >= 4 is 46.2 Å². The van der Waals surface area contributed by atoms with E-state index in [-0.39, 0.29) is 6.54 Å². The SMILES string of the molecule is CC(NC(=O)C(NC(=O)c1ccnc2ccccc12)C(C)(C)C)C(=O)NC(C(=O)C(=O)NCc1ccc(C(N)=O)cc1)C(C)C. The Labute approximate surface area is 261 Å². The van der Waals surface area contributed by atoms with Crippen molar-refractivity contribution in [2.24, 2.45) is 17.1 Å². The number of ketones is 1. The highest BCUT2D eigenvalue weighted by atomic mass is 16.2. The van der Waals surface area contributed by atoms with E-state index >= 15 is 0 Å². The van der Waals surface area contributed by atoms with Crippen LogP contribution in [0.2, 0.25) is 0 Å². The van der Waals surface area contributed by atoms with E-state index in [4.69, 9.17) is 5.73 Å². The van der Waals surface area contributed by atoms with Gasteiger partial charge in [-0.3, -0.25) is 33.8 Å².